The van der Waals surface area contributed by atoms with Gasteiger partial charge in [0.2, 0.25) is 0 Å². The van der Waals surface area contributed by atoms with E-state index in [1.54, 1.807) is 12.3 Å². The van der Waals surface area contributed by atoms with Gasteiger partial charge in [-0.15, -0.1) is 0 Å². The lowest BCUT2D eigenvalue weighted by Gasteiger charge is -2.13. The summed E-state index contributed by atoms with van der Waals surface area (Å²) in [4.78, 5) is 4.53. The Kier molecular flexibility index (Phi) is 4.22. The van der Waals surface area contributed by atoms with Crippen molar-refractivity contribution in [1.29, 1.82) is 0 Å². The minimum Gasteiger partial charge on any atom is -0.256 e. The van der Waals surface area contributed by atoms with Crippen LogP contribution in [0.1, 0.15) is 16.7 Å². The molecule has 0 saturated heterocycles. The van der Waals surface area contributed by atoms with Crippen LogP contribution in [0.25, 0.3) is 32.8 Å². The summed E-state index contributed by atoms with van der Waals surface area (Å²) < 4.78 is 40.3. The Morgan fingerprint density at radius 3 is 2.11 bits per heavy atom. The molecule has 0 saturated carbocycles. The zero-order valence-corrected chi connectivity index (χ0v) is 16.2. The molecule has 136 valence electrons. The zero-order valence-electron chi connectivity index (χ0n) is 14.7. The van der Waals surface area contributed by atoms with Gasteiger partial charge in [0.15, 0.2) is 0 Å². The summed E-state index contributed by atoms with van der Waals surface area (Å²) in [6, 6.07) is 14.1. The van der Waals surface area contributed by atoms with Crippen molar-refractivity contribution in [1.82, 2.24) is 4.98 Å². The SMILES string of the molecule is Cc1cc(C)cc(-c2nccc3c2ccc2c(Br)cc(C(F)(F)F)cc23)c1. The van der Waals surface area contributed by atoms with Crippen molar-refractivity contribution >= 4 is 37.5 Å². The first-order valence-electron chi connectivity index (χ1n) is 8.41. The number of benzene rings is 3. The minimum absolute atomic E-state index is 0.430. The molecule has 0 unspecified atom stereocenters. The predicted molar refractivity (Wildman–Crippen MR) is 107 cm³/mol. The fraction of sp³-hybridized carbons (Fsp3) is 0.136. The third-order valence-electron chi connectivity index (χ3n) is 4.65. The number of hydrogen-bond acceptors (Lipinski definition) is 1. The van der Waals surface area contributed by atoms with Gasteiger partial charge in [-0.1, -0.05) is 45.3 Å². The number of hydrogen-bond donors (Lipinski definition) is 0. The molecule has 1 heterocycles. The van der Waals surface area contributed by atoms with E-state index in [0.29, 0.717) is 9.86 Å². The van der Waals surface area contributed by atoms with Gasteiger partial charge >= 0.3 is 6.18 Å². The average Bonchev–Trinajstić information content (AvgIpc) is 2.59. The van der Waals surface area contributed by atoms with Crippen LogP contribution < -0.4 is 0 Å². The van der Waals surface area contributed by atoms with E-state index in [0.717, 1.165) is 44.6 Å². The zero-order chi connectivity index (χ0) is 19.3. The molecule has 27 heavy (non-hydrogen) atoms. The molecule has 3 aromatic carbocycles. The molecule has 0 amide bonds. The summed E-state index contributed by atoms with van der Waals surface area (Å²) in [5, 5.41) is 2.89. The first-order chi connectivity index (χ1) is 12.7. The highest BCUT2D eigenvalue weighted by atomic mass is 79.9. The fourth-order valence-corrected chi connectivity index (χ4v) is 4.15. The van der Waals surface area contributed by atoms with Crippen molar-refractivity contribution in [2.24, 2.45) is 0 Å². The maximum atomic E-state index is 13.3. The molecule has 0 bridgehead atoms. The lowest BCUT2D eigenvalue weighted by atomic mass is 9.96. The van der Waals surface area contributed by atoms with E-state index in [1.807, 2.05) is 38.1 Å². The van der Waals surface area contributed by atoms with E-state index in [-0.39, 0.29) is 0 Å². The van der Waals surface area contributed by atoms with Gasteiger partial charge < -0.3 is 0 Å². The van der Waals surface area contributed by atoms with E-state index in [4.69, 9.17) is 0 Å². The first kappa shape index (κ1) is 18.0. The highest BCUT2D eigenvalue weighted by Gasteiger charge is 2.31. The van der Waals surface area contributed by atoms with Gasteiger partial charge in [-0.2, -0.15) is 13.2 Å². The molecule has 0 aliphatic heterocycles. The second kappa shape index (κ2) is 6.34. The topological polar surface area (TPSA) is 12.9 Å². The highest BCUT2D eigenvalue weighted by Crippen LogP contribution is 2.39. The predicted octanol–water partition coefficient (Wildman–Crippen LogP) is 7.45. The Bertz CT molecular complexity index is 1180. The summed E-state index contributed by atoms with van der Waals surface area (Å²) in [6.45, 7) is 4.04. The van der Waals surface area contributed by atoms with Crippen molar-refractivity contribution in [3.63, 3.8) is 0 Å². The number of fused-ring (bicyclic) bond motifs is 3. The lowest BCUT2D eigenvalue weighted by molar-refractivity contribution is -0.137. The maximum Gasteiger partial charge on any atom is 0.416 e. The van der Waals surface area contributed by atoms with Crippen LogP contribution in [-0.4, -0.2) is 4.98 Å². The molecule has 1 aromatic heterocycles. The largest absolute Gasteiger partial charge is 0.416 e. The molecule has 4 rings (SSSR count). The Morgan fingerprint density at radius 1 is 0.778 bits per heavy atom. The third kappa shape index (κ3) is 3.21. The van der Waals surface area contributed by atoms with Crippen molar-refractivity contribution in [2.45, 2.75) is 20.0 Å². The van der Waals surface area contributed by atoms with Gasteiger partial charge in [0.05, 0.1) is 11.3 Å². The normalized spacial score (nSPS) is 12.1. The quantitative estimate of drug-likeness (QED) is 0.286. The lowest BCUT2D eigenvalue weighted by Crippen LogP contribution is -2.04. The monoisotopic (exact) mass is 429 g/mol. The smallest absolute Gasteiger partial charge is 0.256 e. The first-order valence-corrected chi connectivity index (χ1v) is 9.20. The molecule has 0 fully saturated rings. The number of nitrogens with zero attached hydrogens (tertiary/aromatic N) is 1. The van der Waals surface area contributed by atoms with Crippen LogP contribution in [0.3, 0.4) is 0 Å². The number of halogens is 4. The number of pyridine rings is 1. The maximum absolute atomic E-state index is 13.3. The van der Waals surface area contributed by atoms with Crippen molar-refractivity contribution in [3.8, 4) is 11.3 Å². The van der Waals surface area contributed by atoms with Crippen LogP contribution in [-0.2, 0) is 6.18 Å². The number of alkyl halides is 3. The second-order valence-electron chi connectivity index (χ2n) is 6.75. The van der Waals surface area contributed by atoms with Gasteiger partial charge in [-0.05, 0) is 60.3 Å². The number of aryl methyl sites for hydroxylation is 2. The van der Waals surface area contributed by atoms with Crippen LogP contribution in [0.5, 0.6) is 0 Å². The number of aromatic nitrogens is 1. The van der Waals surface area contributed by atoms with Crippen LogP contribution in [0.4, 0.5) is 13.2 Å². The Labute approximate surface area is 163 Å². The minimum atomic E-state index is -4.40. The van der Waals surface area contributed by atoms with E-state index in [9.17, 15) is 13.2 Å². The fourth-order valence-electron chi connectivity index (χ4n) is 3.56. The van der Waals surface area contributed by atoms with E-state index >= 15 is 0 Å². The molecule has 0 aliphatic rings. The molecule has 0 spiro atoms. The molecule has 0 N–H and O–H groups in total. The molecular formula is C22H15BrF3N. The van der Waals surface area contributed by atoms with Gasteiger partial charge in [0.25, 0.3) is 0 Å². The molecule has 1 nitrogen and oxygen atoms in total. The summed E-state index contributed by atoms with van der Waals surface area (Å²) in [6.07, 6.45) is -2.74. The van der Waals surface area contributed by atoms with Gasteiger partial charge in [0, 0.05) is 21.6 Å². The van der Waals surface area contributed by atoms with Crippen LogP contribution in [0.2, 0.25) is 0 Å². The number of rotatable bonds is 1. The van der Waals surface area contributed by atoms with Crippen LogP contribution in [0.15, 0.2) is 59.2 Å². The summed E-state index contributed by atoms with van der Waals surface area (Å²) in [5.74, 6) is 0. The standard InChI is InChI=1S/C22H15BrF3N/c1-12-7-13(2)9-14(8-12)21-18-4-3-17-19(16(18)5-6-27-21)10-15(11-20(17)23)22(24,25)26/h3-11H,1-2H3. The molecule has 0 atom stereocenters. The van der Waals surface area contributed by atoms with Crippen molar-refractivity contribution in [2.75, 3.05) is 0 Å². The van der Waals surface area contributed by atoms with Crippen molar-refractivity contribution < 1.29 is 13.2 Å². The van der Waals surface area contributed by atoms with Gasteiger partial charge in [0.1, 0.15) is 0 Å². The van der Waals surface area contributed by atoms with Crippen LogP contribution >= 0.6 is 15.9 Å². The van der Waals surface area contributed by atoms with Crippen molar-refractivity contribution in [3.05, 3.63) is 75.9 Å². The van der Waals surface area contributed by atoms with E-state index < -0.39 is 11.7 Å². The summed E-state index contributed by atoms with van der Waals surface area (Å²) in [7, 11) is 0. The highest BCUT2D eigenvalue weighted by molar-refractivity contribution is 9.10. The third-order valence-corrected chi connectivity index (χ3v) is 5.31. The van der Waals surface area contributed by atoms with E-state index in [2.05, 4.69) is 27.0 Å². The molecular weight excluding hydrogens is 415 g/mol. The molecule has 5 heteroatoms. The summed E-state index contributed by atoms with van der Waals surface area (Å²) >= 11 is 3.29. The Morgan fingerprint density at radius 2 is 1.44 bits per heavy atom. The second-order valence-corrected chi connectivity index (χ2v) is 7.60. The van der Waals surface area contributed by atoms with Crippen LogP contribution in [0, 0.1) is 13.8 Å². The molecule has 0 radical (unpaired) electrons. The molecule has 4 aromatic rings. The Balaban J connectivity index is 2.08. The summed E-state index contributed by atoms with van der Waals surface area (Å²) in [5.41, 5.74) is 3.30. The van der Waals surface area contributed by atoms with Gasteiger partial charge in [-0.25, -0.2) is 0 Å². The van der Waals surface area contributed by atoms with Gasteiger partial charge in [-0.3, -0.25) is 4.98 Å². The Hall–Kier alpha value is -2.40. The molecule has 0 aliphatic carbocycles. The van der Waals surface area contributed by atoms with E-state index in [1.165, 1.54) is 6.07 Å². The average molecular weight is 430 g/mol.